The molecule has 2 aliphatic heterocycles. The number of amides is 2. The van der Waals surface area contributed by atoms with Crippen molar-refractivity contribution in [3.63, 3.8) is 0 Å². The Hall–Kier alpha value is -2.62. The zero-order valence-corrected chi connectivity index (χ0v) is 18.6. The lowest BCUT2D eigenvalue weighted by molar-refractivity contribution is -0.119. The lowest BCUT2D eigenvalue weighted by Gasteiger charge is -2.26. The number of sulfonamides is 1. The third-order valence-corrected chi connectivity index (χ3v) is 7.73. The van der Waals surface area contributed by atoms with Gasteiger partial charge in [-0.25, -0.2) is 8.42 Å². The number of ether oxygens (including phenoxy) is 1. The number of benzene rings is 2. The van der Waals surface area contributed by atoms with Crippen LogP contribution in [-0.2, 0) is 19.6 Å². The van der Waals surface area contributed by atoms with Crippen LogP contribution in [-0.4, -0.2) is 43.7 Å². The molecule has 1 fully saturated rings. The molecule has 2 aromatic carbocycles. The quantitative estimate of drug-likeness (QED) is 0.725. The van der Waals surface area contributed by atoms with Crippen LogP contribution in [0.2, 0.25) is 5.02 Å². The van der Waals surface area contributed by atoms with E-state index in [0.717, 1.165) is 5.56 Å². The Morgan fingerprint density at radius 2 is 2.00 bits per heavy atom. The number of nitrogens with one attached hydrogen (secondary N) is 2. The Balaban J connectivity index is 1.62. The van der Waals surface area contributed by atoms with E-state index in [1.54, 1.807) is 31.2 Å². The molecule has 2 heterocycles. The van der Waals surface area contributed by atoms with Crippen LogP contribution in [0.25, 0.3) is 0 Å². The molecule has 4 rings (SSSR count). The van der Waals surface area contributed by atoms with E-state index in [9.17, 15) is 18.0 Å². The summed E-state index contributed by atoms with van der Waals surface area (Å²) in [4.78, 5) is 24.6. The number of aryl methyl sites for hydroxylation is 2. The number of hydrogen-bond donors (Lipinski definition) is 2. The summed E-state index contributed by atoms with van der Waals surface area (Å²) >= 11 is 5.97. The molecule has 0 bridgehead atoms. The monoisotopic (exact) mass is 463 g/mol. The maximum Gasteiger partial charge on any atom is 0.262 e. The molecule has 2 N–H and O–H groups in total. The number of carbonyl (C=O) groups is 2. The average molecular weight is 464 g/mol. The zero-order chi connectivity index (χ0) is 22.3. The molecule has 10 heteroatoms. The van der Waals surface area contributed by atoms with Crippen LogP contribution in [0.3, 0.4) is 0 Å². The molecular weight excluding hydrogens is 442 g/mol. The minimum absolute atomic E-state index is 0.0600. The average Bonchev–Trinajstić information content (AvgIpc) is 3.20. The van der Waals surface area contributed by atoms with Crippen molar-refractivity contribution < 1.29 is 22.7 Å². The van der Waals surface area contributed by atoms with E-state index in [-0.39, 0.29) is 29.9 Å². The molecule has 1 saturated heterocycles. The molecule has 31 heavy (non-hydrogen) atoms. The van der Waals surface area contributed by atoms with Gasteiger partial charge in [-0.3, -0.25) is 9.59 Å². The summed E-state index contributed by atoms with van der Waals surface area (Å²) < 4.78 is 33.6. The van der Waals surface area contributed by atoms with Gasteiger partial charge in [0.2, 0.25) is 15.9 Å². The van der Waals surface area contributed by atoms with Crippen LogP contribution >= 0.6 is 11.6 Å². The second kappa shape index (κ2) is 8.14. The Kier molecular flexibility index (Phi) is 5.67. The smallest absolute Gasteiger partial charge is 0.262 e. The first kappa shape index (κ1) is 21.6. The molecule has 2 amide bonds. The van der Waals surface area contributed by atoms with Crippen molar-refractivity contribution >= 4 is 44.8 Å². The van der Waals surface area contributed by atoms with E-state index in [0.29, 0.717) is 40.6 Å². The largest absolute Gasteiger partial charge is 0.482 e. The molecule has 0 aliphatic carbocycles. The zero-order valence-electron chi connectivity index (χ0n) is 17.1. The predicted molar refractivity (Wildman–Crippen MR) is 117 cm³/mol. The van der Waals surface area contributed by atoms with Crippen LogP contribution in [0, 0.1) is 13.8 Å². The summed E-state index contributed by atoms with van der Waals surface area (Å²) in [6.07, 6.45) is 1.00. The van der Waals surface area contributed by atoms with Gasteiger partial charge in [-0.05, 0) is 62.1 Å². The lowest BCUT2D eigenvalue weighted by atomic mass is 10.1. The highest BCUT2D eigenvalue weighted by Gasteiger charge is 2.40. The van der Waals surface area contributed by atoms with Gasteiger partial charge in [-0.15, -0.1) is 0 Å². The molecular formula is C21H22ClN3O5S. The Labute approximate surface area is 185 Å². The molecule has 2 aliphatic rings. The molecule has 0 saturated carbocycles. The number of nitrogens with zero attached hydrogens (tertiary/aromatic N) is 1. The molecule has 1 atom stereocenters. The van der Waals surface area contributed by atoms with E-state index in [2.05, 4.69) is 10.6 Å². The van der Waals surface area contributed by atoms with Crippen LogP contribution in [0.4, 0.5) is 11.4 Å². The number of hydrogen-bond acceptors (Lipinski definition) is 5. The van der Waals surface area contributed by atoms with Crippen LogP contribution in [0.1, 0.15) is 24.0 Å². The highest BCUT2D eigenvalue weighted by Crippen LogP contribution is 2.36. The van der Waals surface area contributed by atoms with Crippen molar-refractivity contribution in [3.05, 3.63) is 46.5 Å². The molecule has 8 nitrogen and oxygen atoms in total. The Morgan fingerprint density at radius 1 is 1.23 bits per heavy atom. The predicted octanol–water partition coefficient (Wildman–Crippen LogP) is 3.08. The molecule has 0 unspecified atom stereocenters. The first-order valence-electron chi connectivity index (χ1n) is 9.83. The third-order valence-electron chi connectivity index (χ3n) is 5.45. The summed E-state index contributed by atoms with van der Waals surface area (Å²) in [6, 6.07) is 7.26. The van der Waals surface area contributed by atoms with Crippen molar-refractivity contribution in [1.82, 2.24) is 4.31 Å². The molecule has 0 spiro atoms. The Morgan fingerprint density at radius 3 is 2.74 bits per heavy atom. The third kappa shape index (κ3) is 4.13. The SMILES string of the molecule is Cc1cc(Cl)ccc1NC(=O)[C@@H]1CCCN1S(=O)(=O)c1cc2c(cc1C)NC(=O)CO2. The number of rotatable bonds is 4. The summed E-state index contributed by atoms with van der Waals surface area (Å²) in [5.41, 5.74) is 2.27. The van der Waals surface area contributed by atoms with E-state index in [1.165, 1.54) is 10.4 Å². The van der Waals surface area contributed by atoms with Crippen molar-refractivity contribution in [2.75, 3.05) is 23.8 Å². The van der Waals surface area contributed by atoms with Crippen LogP contribution in [0.5, 0.6) is 5.75 Å². The molecule has 164 valence electrons. The van der Waals surface area contributed by atoms with E-state index in [4.69, 9.17) is 16.3 Å². The lowest BCUT2D eigenvalue weighted by Crippen LogP contribution is -2.43. The first-order chi connectivity index (χ1) is 14.7. The van der Waals surface area contributed by atoms with Gasteiger partial charge in [0.05, 0.1) is 10.6 Å². The molecule has 0 aromatic heterocycles. The molecule has 2 aromatic rings. The topological polar surface area (TPSA) is 105 Å². The fourth-order valence-electron chi connectivity index (χ4n) is 3.89. The first-order valence-corrected chi connectivity index (χ1v) is 11.6. The van der Waals surface area contributed by atoms with Gasteiger partial charge in [-0.2, -0.15) is 4.31 Å². The fraction of sp³-hybridized carbons (Fsp3) is 0.333. The fourth-order valence-corrected chi connectivity index (χ4v) is 6.00. The van der Waals surface area contributed by atoms with Crippen LogP contribution in [0.15, 0.2) is 35.2 Å². The van der Waals surface area contributed by atoms with Gasteiger partial charge in [0.15, 0.2) is 6.61 Å². The van der Waals surface area contributed by atoms with Crippen molar-refractivity contribution in [2.45, 2.75) is 37.6 Å². The Bertz CT molecular complexity index is 1180. The minimum atomic E-state index is -3.96. The van der Waals surface area contributed by atoms with Gasteiger partial charge < -0.3 is 15.4 Å². The number of carbonyl (C=O) groups excluding carboxylic acids is 2. The van der Waals surface area contributed by atoms with Crippen molar-refractivity contribution in [1.29, 1.82) is 0 Å². The summed E-state index contributed by atoms with van der Waals surface area (Å²) in [5.74, 6) is -0.386. The van der Waals surface area contributed by atoms with Gasteiger partial charge in [0.1, 0.15) is 11.8 Å². The second-order valence-electron chi connectivity index (χ2n) is 7.67. The highest BCUT2D eigenvalue weighted by molar-refractivity contribution is 7.89. The summed E-state index contributed by atoms with van der Waals surface area (Å²) in [5, 5.41) is 6.05. The van der Waals surface area contributed by atoms with Crippen molar-refractivity contribution in [3.8, 4) is 5.75 Å². The molecule has 0 radical (unpaired) electrons. The van der Waals surface area contributed by atoms with E-state index in [1.807, 2.05) is 6.92 Å². The number of halogens is 1. The standard InChI is InChI=1S/C21H22ClN3O5S/c1-12-8-14(22)5-6-15(12)24-21(27)17-4-3-7-25(17)31(28,29)19-10-18-16(9-13(19)2)23-20(26)11-30-18/h5-6,8-10,17H,3-4,7,11H2,1-2H3,(H,23,26)(H,24,27)/t17-/m0/s1. The van der Waals surface area contributed by atoms with Gasteiger partial charge in [-0.1, -0.05) is 11.6 Å². The van der Waals surface area contributed by atoms with Crippen LogP contribution < -0.4 is 15.4 Å². The minimum Gasteiger partial charge on any atom is -0.482 e. The maximum atomic E-state index is 13.5. The van der Waals surface area contributed by atoms with E-state index < -0.39 is 16.1 Å². The summed E-state index contributed by atoms with van der Waals surface area (Å²) in [6.45, 7) is 3.54. The van der Waals surface area contributed by atoms with Gasteiger partial charge in [0, 0.05) is 23.3 Å². The van der Waals surface area contributed by atoms with Gasteiger partial charge >= 0.3 is 0 Å². The number of anilines is 2. The number of fused-ring (bicyclic) bond motifs is 1. The van der Waals surface area contributed by atoms with E-state index >= 15 is 0 Å². The highest BCUT2D eigenvalue weighted by atomic mass is 35.5. The normalized spacial score (nSPS) is 18.8. The maximum absolute atomic E-state index is 13.5. The second-order valence-corrected chi connectivity index (χ2v) is 9.97. The summed E-state index contributed by atoms with van der Waals surface area (Å²) in [7, 11) is -3.96. The van der Waals surface area contributed by atoms with Crippen molar-refractivity contribution in [2.24, 2.45) is 0 Å². The van der Waals surface area contributed by atoms with Gasteiger partial charge in [0.25, 0.3) is 5.91 Å².